The van der Waals surface area contributed by atoms with Gasteiger partial charge in [-0.1, -0.05) is 13.8 Å². The van der Waals surface area contributed by atoms with Gasteiger partial charge in [0.15, 0.2) is 5.69 Å². The molecule has 0 aliphatic rings. The Bertz CT molecular complexity index is 352. The molecule has 0 aliphatic carbocycles. The number of carboxylic acids is 1. The zero-order chi connectivity index (χ0) is 11.4. The van der Waals surface area contributed by atoms with Gasteiger partial charge in [0.25, 0.3) is 0 Å². The van der Waals surface area contributed by atoms with Gasteiger partial charge in [-0.3, -0.25) is 4.98 Å². The van der Waals surface area contributed by atoms with Crippen molar-refractivity contribution in [3.05, 3.63) is 18.1 Å². The van der Waals surface area contributed by atoms with Crippen molar-refractivity contribution in [1.29, 1.82) is 0 Å². The summed E-state index contributed by atoms with van der Waals surface area (Å²) in [6.45, 7) is 5.93. The molecule has 0 fully saturated rings. The van der Waals surface area contributed by atoms with E-state index in [1.807, 2.05) is 20.8 Å². The molecule has 82 valence electrons. The van der Waals surface area contributed by atoms with Crippen LogP contribution in [0.25, 0.3) is 0 Å². The van der Waals surface area contributed by atoms with Crippen LogP contribution in [-0.2, 0) is 0 Å². The van der Waals surface area contributed by atoms with Crippen molar-refractivity contribution in [1.82, 2.24) is 9.97 Å². The second-order valence-corrected chi connectivity index (χ2v) is 3.61. The van der Waals surface area contributed by atoms with E-state index in [-0.39, 0.29) is 17.7 Å². The van der Waals surface area contributed by atoms with Crippen LogP contribution in [0.2, 0.25) is 0 Å². The average molecular weight is 210 g/mol. The highest BCUT2D eigenvalue weighted by molar-refractivity contribution is 5.84. The average Bonchev–Trinajstić information content (AvgIpc) is 2.18. The minimum absolute atomic E-state index is 0.0247. The Morgan fingerprint density at radius 3 is 2.60 bits per heavy atom. The highest BCUT2D eigenvalue weighted by Gasteiger charge is 2.12. The quantitative estimate of drug-likeness (QED) is 0.817. The normalized spacial score (nSPS) is 12.5. The van der Waals surface area contributed by atoms with Crippen molar-refractivity contribution in [3.8, 4) is 5.88 Å². The number of hydrogen-bond donors (Lipinski definition) is 1. The minimum Gasteiger partial charge on any atom is -0.476 e. The third-order valence-corrected chi connectivity index (χ3v) is 2.08. The van der Waals surface area contributed by atoms with Gasteiger partial charge in [0.1, 0.15) is 0 Å². The van der Waals surface area contributed by atoms with Gasteiger partial charge in [-0.15, -0.1) is 0 Å². The first-order valence-electron chi connectivity index (χ1n) is 4.72. The van der Waals surface area contributed by atoms with E-state index in [0.29, 0.717) is 5.92 Å². The van der Waals surface area contributed by atoms with Crippen molar-refractivity contribution < 1.29 is 14.6 Å². The number of ether oxygens (including phenoxy) is 1. The van der Waals surface area contributed by atoms with Gasteiger partial charge in [-0.05, 0) is 12.8 Å². The molecule has 1 heterocycles. The number of rotatable bonds is 4. The fourth-order valence-corrected chi connectivity index (χ4v) is 0.834. The smallest absolute Gasteiger partial charge is 0.356 e. The summed E-state index contributed by atoms with van der Waals surface area (Å²) in [6, 6.07) is 0. The molecule has 1 atom stereocenters. The van der Waals surface area contributed by atoms with Crippen molar-refractivity contribution in [2.75, 3.05) is 0 Å². The van der Waals surface area contributed by atoms with Crippen LogP contribution >= 0.6 is 0 Å². The summed E-state index contributed by atoms with van der Waals surface area (Å²) in [5, 5.41) is 8.69. The largest absolute Gasteiger partial charge is 0.476 e. The molecule has 1 rings (SSSR count). The number of aromatic nitrogens is 2. The van der Waals surface area contributed by atoms with Crippen LogP contribution in [0.4, 0.5) is 0 Å². The van der Waals surface area contributed by atoms with Gasteiger partial charge in [0, 0.05) is 0 Å². The monoisotopic (exact) mass is 210 g/mol. The topological polar surface area (TPSA) is 72.3 Å². The summed E-state index contributed by atoms with van der Waals surface area (Å²) in [6.07, 6.45) is 2.57. The molecule has 0 spiro atoms. The highest BCUT2D eigenvalue weighted by atomic mass is 16.5. The molecule has 0 aromatic carbocycles. The van der Waals surface area contributed by atoms with Crippen molar-refractivity contribution >= 4 is 5.97 Å². The first kappa shape index (κ1) is 11.4. The Kier molecular flexibility index (Phi) is 3.60. The maximum Gasteiger partial charge on any atom is 0.356 e. The molecule has 1 aromatic heterocycles. The van der Waals surface area contributed by atoms with Crippen LogP contribution < -0.4 is 4.74 Å². The molecule has 1 N–H and O–H groups in total. The summed E-state index contributed by atoms with van der Waals surface area (Å²) in [5.74, 6) is -0.526. The molecule has 1 unspecified atom stereocenters. The van der Waals surface area contributed by atoms with E-state index < -0.39 is 5.97 Å². The van der Waals surface area contributed by atoms with E-state index in [0.717, 1.165) is 0 Å². The van der Waals surface area contributed by atoms with E-state index >= 15 is 0 Å². The van der Waals surface area contributed by atoms with Crippen LogP contribution in [0.15, 0.2) is 12.4 Å². The third kappa shape index (κ3) is 3.19. The SMILES string of the molecule is CC(C)C(C)Oc1cncc(C(=O)O)n1. The lowest BCUT2D eigenvalue weighted by Crippen LogP contribution is -2.19. The molecule has 0 saturated carbocycles. The molecule has 5 nitrogen and oxygen atoms in total. The maximum atomic E-state index is 10.6. The van der Waals surface area contributed by atoms with Crippen LogP contribution in [0.3, 0.4) is 0 Å². The van der Waals surface area contributed by atoms with E-state index in [2.05, 4.69) is 9.97 Å². The number of aromatic carboxylic acids is 1. The molecule has 0 radical (unpaired) electrons. The maximum absolute atomic E-state index is 10.6. The molecule has 15 heavy (non-hydrogen) atoms. The Hall–Kier alpha value is -1.65. The standard InChI is InChI=1S/C10H14N2O3/c1-6(2)7(3)15-9-5-11-4-8(12-9)10(13)14/h4-7H,1-3H3,(H,13,14). The molecule has 0 bridgehead atoms. The lowest BCUT2D eigenvalue weighted by Gasteiger charge is -2.16. The van der Waals surface area contributed by atoms with Crippen LogP contribution in [-0.4, -0.2) is 27.1 Å². The van der Waals surface area contributed by atoms with Crippen LogP contribution in [0.1, 0.15) is 31.3 Å². The van der Waals surface area contributed by atoms with Gasteiger partial charge in [0.2, 0.25) is 5.88 Å². The lowest BCUT2D eigenvalue weighted by atomic mass is 10.1. The first-order chi connectivity index (χ1) is 7.00. The predicted molar refractivity (Wildman–Crippen MR) is 53.9 cm³/mol. The van der Waals surface area contributed by atoms with E-state index in [4.69, 9.17) is 9.84 Å². The summed E-state index contributed by atoms with van der Waals surface area (Å²) in [5.41, 5.74) is -0.108. The molecule has 0 amide bonds. The second-order valence-electron chi connectivity index (χ2n) is 3.61. The zero-order valence-corrected chi connectivity index (χ0v) is 8.97. The molecule has 5 heteroatoms. The number of carboxylic acid groups (broad SMARTS) is 1. The summed E-state index contributed by atoms with van der Waals surface area (Å²) >= 11 is 0. The van der Waals surface area contributed by atoms with Crippen LogP contribution in [0, 0.1) is 5.92 Å². The van der Waals surface area contributed by atoms with Crippen molar-refractivity contribution in [2.45, 2.75) is 26.9 Å². The lowest BCUT2D eigenvalue weighted by molar-refractivity contribution is 0.0687. The Morgan fingerprint density at radius 1 is 1.40 bits per heavy atom. The predicted octanol–water partition coefficient (Wildman–Crippen LogP) is 1.60. The summed E-state index contributed by atoms with van der Waals surface area (Å²) < 4.78 is 5.43. The number of nitrogens with zero attached hydrogens (tertiary/aromatic N) is 2. The Morgan fingerprint density at radius 2 is 2.07 bits per heavy atom. The molecule has 1 aromatic rings. The minimum atomic E-state index is -1.11. The van der Waals surface area contributed by atoms with Crippen molar-refractivity contribution in [3.63, 3.8) is 0 Å². The highest BCUT2D eigenvalue weighted by Crippen LogP contribution is 2.12. The zero-order valence-electron chi connectivity index (χ0n) is 8.97. The van der Waals surface area contributed by atoms with E-state index in [9.17, 15) is 4.79 Å². The summed E-state index contributed by atoms with van der Waals surface area (Å²) in [4.78, 5) is 18.2. The molecular weight excluding hydrogens is 196 g/mol. The number of hydrogen-bond acceptors (Lipinski definition) is 4. The van der Waals surface area contributed by atoms with Gasteiger partial charge in [0.05, 0.1) is 18.5 Å². The van der Waals surface area contributed by atoms with Gasteiger partial charge in [-0.25, -0.2) is 9.78 Å². The second kappa shape index (κ2) is 4.72. The fourth-order valence-electron chi connectivity index (χ4n) is 0.834. The van der Waals surface area contributed by atoms with Gasteiger partial charge in [-0.2, -0.15) is 0 Å². The molecule has 0 saturated heterocycles. The Labute approximate surface area is 88.1 Å². The van der Waals surface area contributed by atoms with Gasteiger partial charge < -0.3 is 9.84 Å². The Balaban J connectivity index is 2.78. The fraction of sp³-hybridized carbons (Fsp3) is 0.500. The summed E-state index contributed by atoms with van der Waals surface area (Å²) in [7, 11) is 0. The van der Waals surface area contributed by atoms with E-state index in [1.54, 1.807) is 0 Å². The van der Waals surface area contributed by atoms with E-state index in [1.165, 1.54) is 12.4 Å². The molecule has 0 aliphatic heterocycles. The van der Waals surface area contributed by atoms with Crippen LogP contribution in [0.5, 0.6) is 5.88 Å². The number of carbonyl (C=O) groups is 1. The van der Waals surface area contributed by atoms with Crippen molar-refractivity contribution in [2.24, 2.45) is 5.92 Å². The first-order valence-corrected chi connectivity index (χ1v) is 4.72. The third-order valence-electron chi connectivity index (χ3n) is 2.08. The molecular formula is C10H14N2O3. The van der Waals surface area contributed by atoms with Gasteiger partial charge >= 0.3 is 5.97 Å².